The van der Waals surface area contributed by atoms with Gasteiger partial charge in [-0.15, -0.1) is 0 Å². The first kappa shape index (κ1) is 25.7. The van der Waals surface area contributed by atoms with Crippen LogP contribution in [0, 0.1) is 0 Å². The molecule has 1 saturated heterocycles. The van der Waals surface area contributed by atoms with Gasteiger partial charge < -0.3 is 24.4 Å². The number of piperazine rings is 1. The maximum atomic E-state index is 12.8. The molecule has 1 N–H and O–H groups in total. The van der Waals surface area contributed by atoms with E-state index in [9.17, 15) is 19.2 Å². The molecule has 0 radical (unpaired) electrons. The van der Waals surface area contributed by atoms with E-state index in [1.807, 2.05) is 19.1 Å². The molecule has 10 nitrogen and oxygen atoms in total. The number of amides is 1. The highest BCUT2D eigenvalue weighted by Crippen LogP contribution is 2.21. The number of anilines is 2. The van der Waals surface area contributed by atoms with Crippen molar-refractivity contribution in [3.63, 3.8) is 0 Å². The first-order valence-corrected chi connectivity index (χ1v) is 11.0. The van der Waals surface area contributed by atoms with Crippen molar-refractivity contribution in [2.75, 3.05) is 57.7 Å². The second kappa shape index (κ2) is 11.5. The number of ether oxygens (including phenoxy) is 3. The average molecular weight is 484 g/mol. The minimum Gasteiger partial charge on any atom is -0.465 e. The molecular weight excluding hydrogens is 454 g/mol. The fourth-order valence-corrected chi connectivity index (χ4v) is 3.95. The van der Waals surface area contributed by atoms with Crippen molar-refractivity contribution in [3.05, 3.63) is 59.2 Å². The van der Waals surface area contributed by atoms with E-state index in [0.29, 0.717) is 30.9 Å². The lowest BCUT2D eigenvalue weighted by molar-refractivity contribution is -0.117. The van der Waals surface area contributed by atoms with E-state index in [1.54, 1.807) is 12.1 Å². The smallest absolute Gasteiger partial charge is 0.337 e. The summed E-state index contributed by atoms with van der Waals surface area (Å²) in [6.07, 6.45) is 0. The van der Waals surface area contributed by atoms with Crippen molar-refractivity contribution in [3.8, 4) is 0 Å². The molecule has 1 amide bonds. The van der Waals surface area contributed by atoms with E-state index in [2.05, 4.69) is 15.1 Å². The van der Waals surface area contributed by atoms with Gasteiger partial charge in [-0.25, -0.2) is 14.4 Å². The van der Waals surface area contributed by atoms with Crippen LogP contribution in [-0.2, 0) is 19.0 Å². The lowest BCUT2D eigenvalue weighted by Gasteiger charge is -2.40. The number of esters is 3. The van der Waals surface area contributed by atoms with Gasteiger partial charge in [-0.2, -0.15) is 0 Å². The van der Waals surface area contributed by atoms with Crippen molar-refractivity contribution in [2.24, 2.45) is 0 Å². The Balaban J connectivity index is 1.62. The van der Waals surface area contributed by atoms with Crippen LogP contribution in [0.15, 0.2) is 42.5 Å². The molecule has 1 aliphatic rings. The van der Waals surface area contributed by atoms with Crippen LogP contribution in [0.5, 0.6) is 0 Å². The minimum atomic E-state index is -0.629. The molecule has 1 heterocycles. The summed E-state index contributed by atoms with van der Waals surface area (Å²) in [5, 5.41) is 2.76. The Morgan fingerprint density at radius 2 is 1.37 bits per heavy atom. The molecule has 0 aliphatic carbocycles. The predicted octanol–water partition coefficient (Wildman–Crippen LogP) is 2.20. The first-order valence-electron chi connectivity index (χ1n) is 11.0. The van der Waals surface area contributed by atoms with Crippen LogP contribution in [0.4, 0.5) is 11.4 Å². The van der Waals surface area contributed by atoms with Crippen molar-refractivity contribution in [1.82, 2.24) is 4.90 Å². The topological polar surface area (TPSA) is 114 Å². The molecule has 3 rings (SSSR count). The standard InChI is InChI=1S/C25H29N3O7/c1-16-14-28(21-7-5-17(6-8-21)23(30)33-2)10-9-27(16)15-22(29)26-20-12-18(24(31)34-3)11-19(13-20)25(32)35-4/h5-8,11-13,16H,9-10,14-15H2,1-4H3,(H,26,29). The molecule has 1 atom stereocenters. The molecule has 35 heavy (non-hydrogen) atoms. The SMILES string of the molecule is COC(=O)c1ccc(N2CCN(CC(=O)Nc3cc(C(=O)OC)cc(C(=O)OC)c3)C(C)C2)cc1. The zero-order valence-electron chi connectivity index (χ0n) is 20.2. The zero-order valence-corrected chi connectivity index (χ0v) is 20.2. The molecule has 0 aromatic heterocycles. The maximum absolute atomic E-state index is 12.8. The lowest BCUT2D eigenvalue weighted by atomic mass is 10.1. The van der Waals surface area contributed by atoms with Gasteiger partial charge in [-0.1, -0.05) is 0 Å². The molecule has 186 valence electrons. The van der Waals surface area contributed by atoms with Crippen LogP contribution in [0.25, 0.3) is 0 Å². The van der Waals surface area contributed by atoms with E-state index in [4.69, 9.17) is 14.2 Å². The third-order valence-corrected chi connectivity index (χ3v) is 5.82. The first-order chi connectivity index (χ1) is 16.7. The van der Waals surface area contributed by atoms with Gasteiger partial charge in [0, 0.05) is 37.1 Å². The van der Waals surface area contributed by atoms with Crippen LogP contribution in [-0.4, -0.2) is 82.3 Å². The Morgan fingerprint density at radius 3 is 1.89 bits per heavy atom. The Morgan fingerprint density at radius 1 is 0.829 bits per heavy atom. The molecule has 0 bridgehead atoms. The number of methoxy groups -OCH3 is 3. The third-order valence-electron chi connectivity index (χ3n) is 5.82. The van der Waals surface area contributed by atoms with Gasteiger partial charge in [0.2, 0.25) is 5.91 Å². The lowest BCUT2D eigenvalue weighted by Crippen LogP contribution is -2.53. The largest absolute Gasteiger partial charge is 0.465 e. The summed E-state index contributed by atoms with van der Waals surface area (Å²) in [6.45, 7) is 4.25. The number of nitrogens with zero attached hydrogens (tertiary/aromatic N) is 2. The molecule has 0 saturated carbocycles. The fourth-order valence-electron chi connectivity index (χ4n) is 3.95. The van der Waals surface area contributed by atoms with Crippen LogP contribution in [0.3, 0.4) is 0 Å². The van der Waals surface area contributed by atoms with Gasteiger partial charge in [0.1, 0.15) is 0 Å². The van der Waals surface area contributed by atoms with Crippen LogP contribution in [0.2, 0.25) is 0 Å². The number of carbonyl (C=O) groups is 4. The molecule has 1 fully saturated rings. The average Bonchev–Trinajstić information content (AvgIpc) is 2.88. The van der Waals surface area contributed by atoms with E-state index < -0.39 is 11.9 Å². The Hall–Kier alpha value is -3.92. The second-order valence-corrected chi connectivity index (χ2v) is 8.13. The summed E-state index contributed by atoms with van der Waals surface area (Å²) in [7, 11) is 3.82. The maximum Gasteiger partial charge on any atom is 0.337 e. The van der Waals surface area contributed by atoms with E-state index in [1.165, 1.54) is 39.5 Å². The molecular formula is C25H29N3O7. The van der Waals surface area contributed by atoms with Crippen molar-refractivity contribution >= 4 is 35.2 Å². The fraction of sp³-hybridized carbons (Fsp3) is 0.360. The van der Waals surface area contributed by atoms with Gasteiger partial charge >= 0.3 is 17.9 Å². The van der Waals surface area contributed by atoms with Gasteiger partial charge in [-0.05, 0) is 49.4 Å². The Labute approximate surface area is 203 Å². The normalized spacial score (nSPS) is 15.8. The minimum absolute atomic E-state index is 0.0850. The summed E-state index contributed by atoms with van der Waals surface area (Å²) in [5.41, 5.74) is 2.04. The van der Waals surface area contributed by atoms with Gasteiger partial charge in [0.15, 0.2) is 0 Å². The molecule has 10 heteroatoms. The van der Waals surface area contributed by atoms with Crippen LogP contribution >= 0.6 is 0 Å². The number of rotatable bonds is 7. The monoisotopic (exact) mass is 483 g/mol. The quantitative estimate of drug-likeness (QED) is 0.467. The van der Waals surface area contributed by atoms with Crippen molar-refractivity contribution in [2.45, 2.75) is 13.0 Å². The van der Waals surface area contributed by atoms with Crippen molar-refractivity contribution < 1.29 is 33.4 Å². The highest BCUT2D eigenvalue weighted by atomic mass is 16.5. The van der Waals surface area contributed by atoms with Gasteiger partial charge in [0.05, 0.1) is 44.6 Å². The molecule has 2 aromatic rings. The van der Waals surface area contributed by atoms with Crippen molar-refractivity contribution in [1.29, 1.82) is 0 Å². The number of hydrogen-bond donors (Lipinski definition) is 1. The third kappa shape index (κ3) is 6.36. The molecule has 1 unspecified atom stereocenters. The summed E-state index contributed by atoms with van der Waals surface area (Å²) in [5.74, 6) is -1.91. The van der Waals surface area contributed by atoms with E-state index in [-0.39, 0.29) is 35.6 Å². The summed E-state index contributed by atoms with van der Waals surface area (Å²) in [4.78, 5) is 52.6. The number of hydrogen-bond acceptors (Lipinski definition) is 9. The number of nitrogens with one attached hydrogen (secondary N) is 1. The summed E-state index contributed by atoms with van der Waals surface area (Å²) < 4.78 is 14.2. The number of benzene rings is 2. The number of carbonyl (C=O) groups excluding carboxylic acids is 4. The Kier molecular flexibility index (Phi) is 8.43. The molecule has 0 spiro atoms. The van der Waals surface area contributed by atoms with Crippen LogP contribution in [0.1, 0.15) is 38.0 Å². The second-order valence-electron chi connectivity index (χ2n) is 8.13. The molecule has 2 aromatic carbocycles. The highest BCUT2D eigenvalue weighted by molar-refractivity contribution is 5.99. The van der Waals surface area contributed by atoms with E-state index in [0.717, 1.165) is 5.69 Å². The zero-order chi connectivity index (χ0) is 25.5. The molecule has 1 aliphatic heterocycles. The van der Waals surface area contributed by atoms with Gasteiger partial charge in [-0.3, -0.25) is 9.69 Å². The Bertz CT molecular complexity index is 1070. The highest BCUT2D eigenvalue weighted by Gasteiger charge is 2.26. The van der Waals surface area contributed by atoms with Crippen LogP contribution < -0.4 is 10.2 Å². The predicted molar refractivity (Wildman–Crippen MR) is 129 cm³/mol. The van der Waals surface area contributed by atoms with Gasteiger partial charge in [0.25, 0.3) is 0 Å². The van der Waals surface area contributed by atoms with E-state index >= 15 is 0 Å². The summed E-state index contributed by atoms with van der Waals surface area (Å²) >= 11 is 0. The summed E-state index contributed by atoms with van der Waals surface area (Å²) in [6, 6.07) is 11.6.